The van der Waals surface area contributed by atoms with Gasteiger partial charge in [-0.15, -0.1) is 6.58 Å². The summed E-state index contributed by atoms with van der Waals surface area (Å²) in [7, 11) is 0. The van der Waals surface area contributed by atoms with Gasteiger partial charge in [-0.1, -0.05) is 25.2 Å². The molecule has 0 fully saturated rings. The Kier molecular flexibility index (Phi) is 10.3. The Morgan fingerprint density at radius 1 is 1.27 bits per heavy atom. The first kappa shape index (κ1) is 13.9. The molecule has 0 rings (SSSR count). The Morgan fingerprint density at radius 2 is 2.07 bits per heavy atom. The van der Waals surface area contributed by atoms with Crippen LogP contribution < -0.4 is 0 Å². The van der Waals surface area contributed by atoms with Gasteiger partial charge >= 0.3 is 5.97 Å². The van der Waals surface area contributed by atoms with Gasteiger partial charge in [0.1, 0.15) is 0 Å². The molecule has 0 aromatic heterocycles. The first-order valence-corrected chi connectivity index (χ1v) is 5.72. The van der Waals surface area contributed by atoms with Crippen LogP contribution in [0.25, 0.3) is 0 Å². The third kappa shape index (κ3) is 10.9. The fourth-order valence-corrected chi connectivity index (χ4v) is 1.19. The molecular formula is C13H22O2. The summed E-state index contributed by atoms with van der Waals surface area (Å²) in [4.78, 5) is 10.9. The predicted molar refractivity (Wildman–Crippen MR) is 63.7 cm³/mol. The fraction of sp³-hybridized carbons (Fsp3) is 0.615. The maximum absolute atomic E-state index is 10.9. The second kappa shape index (κ2) is 11.0. The van der Waals surface area contributed by atoms with E-state index in [1.807, 2.05) is 0 Å². The highest BCUT2D eigenvalue weighted by molar-refractivity contribution is 5.70. The summed E-state index contributed by atoms with van der Waals surface area (Å²) in [5.41, 5.74) is 0. The van der Waals surface area contributed by atoms with Crippen molar-refractivity contribution in [3.8, 4) is 0 Å². The molecule has 2 heteroatoms. The van der Waals surface area contributed by atoms with Crippen molar-refractivity contribution in [1.29, 1.82) is 0 Å². The van der Waals surface area contributed by atoms with Crippen LogP contribution in [0, 0.1) is 0 Å². The molecule has 0 aromatic rings. The molecule has 0 saturated heterocycles. The molecule has 0 aliphatic carbocycles. The van der Waals surface area contributed by atoms with E-state index in [-0.39, 0.29) is 5.97 Å². The fourth-order valence-electron chi connectivity index (χ4n) is 1.19. The number of carbonyl (C=O) groups excluding carboxylic acids is 1. The van der Waals surface area contributed by atoms with Crippen molar-refractivity contribution in [2.75, 3.05) is 6.61 Å². The molecule has 15 heavy (non-hydrogen) atoms. The molecule has 0 aromatic carbocycles. The van der Waals surface area contributed by atoms with E-state index in [0.717, 1.165) is 25.7 Å². The Labute approximate surface area is 93.0 Å². The average Bonchev–Trinajstić information content (AvgIpc) is 2.22. The smallest absolute Gasteiger partial charge is 0.309 e. The van der Waals surface area contributed by atoms with E-state index >= 15 is 0 Å². The molecule has 0 amide bonds. The predicted octanol–water partition coefficient (Wildman–Crippen LogP) is 3.63. The van der Waals surface area contributed by atoms with Crippen LogP contribution in [0.2, 0.25) is 0 Å². The van der Waals surface area contributed by atoms with E-state index in [0.29, 0.717) is 13.0 Å². The van der Waals surface area contributed by atoms with Gasteiger partial charge in [-0.2, -0.15) is 0 Å². The van der Waals surface area contributed by atoms with Gasteiger partial charge in [0.2, 0.25) is 0 Å². The molecule has 0 bridgehead atoms. The molecule has 0 aliphatic rings. The van der Waals surface area contributed by atoms with Gasteiger partial charge in [-0.3, -0.25) is 4.79 Å². The van der Waals surface area contributed by atoms with Gasteiger partial charge in [0.25, 0.3) is 0 Å². The number of allylic oxidation sites excluding steroid dienone is 2. The summed E-state index contributed by atoms with van der Waals surface area (Å²) in [5.74, 6) is -0.170. The Balaban J connectivity index is 3.14. The molecule has 2 nitrogen and oxygen atoms in total. The summed E-state index contributed by atoms with van der Waals surface area (Å²) in [6.07, 6.45) is 11.8. The monoisotopic (exact) mass is 210 g/mol. The number of rotatable bonds is 9. The van der Waals surface area contributed by atoms with E-state index in [9.17, 15) is 4.79 Å². The van der Waals surface area contributed by atoms with Gasteiger partial charge in [0, 0.05) is 0 Å². The summed E-state index contributed by atoms with van der Waals surface area (Å²) in [5, 5.41) is 0. The lowest BCUT2D eigenvalue weighted by Crippen LogP contribution is -2.03. The minimum absolute atomic E-state index is 0.170. The standard InChI is InChI=1S/C13H22O2/c1-3-5-6-7-8-9-10-12-15-13(14)11-4-2/h4-6H,2-3,7-12H2,1H3/b6-5-. The molecular weight excluding hydrogens is 188 g/mol. The largest absolute Gasteiger partial charge is 0.465 e. The first-order valence-electron chi connectivity index (χ1n) is 5.72. The third-order valence-electron chi connectivity index (χ3n) is 1.99. The number of unbranched alkanes of at least 4 members (excludes halogenated alkanes) is 3. The van der Waals surface area contributed by atoms with E-state index in [4.69, 9.17) is 4.74 Å². The van der Waals surface area contributed by atoms with Crippen molar-refractivity contribution >= 4 is 5.97 Å². The number of hydrogen-bond donors (Lipinski definition) is 0. The minimum atomic E-state index is -0.170. The lowest BCUT2D eigenvalue weighted by molar-refractivity contribution is -0.142. The van der Waals surface area contributed by atoms with Crippen LogP contribution in [-0.4, -0.2) is 12.6 Å². The number of hydrogen-bond acceptors (Lipinski definition) is 2. The summed E-state index contributed by atoms with van der Waals surface area (Å²) in [6, 6.07) is 0. The van der Waals surface area contributed by atoms with Crippen LogP contribution in [0.1, 0.15) is 45.4 Å². The second-order valence-electron chi connectivity index (χ2n) is 3.44. The van der Waals surface area contributed by atoms with Crippen molar-refractivity contribution in [3.05, 3.63) is 24.8 Å². The van der Waals surface area contributed by atoms with E-state index in [1.165, 1.54) is 6.42 Å². The van der Waals surface area contributed by atoms with Crippen LogP contribution in [0.15, 0.2) is 24.8 Å². The van der Waals surface area contributed by atoms with Gasteiger partial charge in [0.15, 0.2) is 0 Å². The quantitative estimate of drug-likeness (QED) is 0.330. The maximum atomic E-state index is 10.9. The van der Waals surface area contributed by atoms with Gasteiger partial charge < -0.3 is 4.74 Å². The van der Waals surface area contributed by atoms with E-state index < -0.39 is 0 Å². The maximum Gasteiger partial charge on any atom is 0.309 e. The van der Waals surface area contributed by atoms with Crippen LogP contribution in [0.3, 0.4) is 0 Å². The molecule has 0 unspecified atom stereocenters. The Bertz CT molecular complexity index is 195. The average molecular weight is 210 g/mol. The zero-order valence-electron chi connectivity index (χ0n) is 9.71. The normalized spacial score (nSPS) is 10.5. The summed E-state index contributed by atoms with van der Waals surface area (Å²) in [6.45, 7) is 6.16. The zero-order valence-corrected chi connectivity index (χ0v) is 9.71. The van der Waals surface area contributed by atoms with Crippen LogP contribution >= 0.6 is 0 Å². The van der Waals surface area contributed by atoms with Crippen molar-refractivity contribution in [3.63, 3.8) is 0 Å². The van der Waals surface area contributed by atoms with Crippen molar-refractivity contribution in [2.24, 2.45) is 0 Å². The van der Waals surface area contributed by atoms with Gasteiger partial charge in [-0.05, 0) is 32.1 Å². The van der Waals surface area contributed by atoms with Crippen LogP contribution in [0.4, 0.5) is 0 Å². The molecule has 0 N–H and O–H groups in total. The number of carbonyl (C=O) groups is 1. The summed E-state index contributed by atoms with van der Waals surface area (Å²) < 4.78 is 4.98. The van der Waals surface area contributed by atoms with Crippen molar-refractivity contribution in [1.82, 2.24) is 0 Å². The Hall–Kier alpha value is -1.05. The van der Waals surface area contributed by atoms with Gasteiger partial charge in [0.05, 0.1) is 13.0 Å². The zero-order chi connectivity index (χ0) is 11.4. The van der Waals surface area contributed by atoms with Crippen molar-refractivity contribution in [2.45, 2.75) is 45.4 Å². The molecule has 0 spiro atoms. The highest BCUT2D eigenvalue weighted by Gasteiger charge is 1.97. The molecule has 0 atom stereocenters. The molecule has 0 aliphatic heterocycles. The lowest BCUT2D eigenvalue weighted by atomic mass is 10.2. The van der Waals surface area contributed by atoms with Crippen molar-refractivity contribution < 1.29 is 9.53 Å². The molecule has 0 heterocycles. The SMILES string of the molecule is C=CCC(=O)OCCCCC/C=C\CC. The minimum Gasteiger partial charge on any atom is -0.465 e. The molecule has 86 valence electrons. The van der Waals surface area contributed by atoms with Gasteiger partial charge in [-0.25, -0.2) is 0 Å². The van der Waals surface area contributed by atoms with E-state index in [2.05, 4.69) is 25.7 Å². The lowest BCUT2D eigenvalue weighted by Gasteiger charge is -2.02. The second-order valence-corrected chi connectivity index (χ2v) is 3.44. The van der Waals surface area contributed by atoms with E-state index in [1.54, 1.807) is 6.08 Å². The number of esters is 1. The summed E-state index contributed by atoms with van der Waals surface area (Å²) >= 11 is 0. The van der Waals surface area contributed by atoms with Crippen LogP contribution in [-0.2, 0) is 9.53 Å². The number of ether oxygens (including phenoxy) is 1. The molecule has 0 radical (unpaired) electrons. The van der Waals surface area contributed by atoms with Crippen LogP contribution in [0.5, 0.6) is 0 Å². The third-order valence-corrected chi connectivity index (χ3v) is 1.99. The first-order chi connectivity index (χ1) is 7.31. The highest BCUT2D eigenvalue weighted by Crippen LogP contribution is 2.02. The molecule has 0 saturated carbocycles. The Morgan fingerprint density at radius 3 is 2.73 bits per heavy atom. The topological polar surface area (TPSA) is 26.3 Å². The highest BCUT2D eigenvalue weighted by atomic mass is 16.5.